The van der Waals surface area contributed by atoms with Crippen molar-refractivity contribution in [3.05, 3.63) is 59.2 Å². The van der Waals surface area contributed by atoms with Crippen LogP contribution >= 0.6 is 0 Å². The summed E-state index contributed by atoms with van der Waals surface area (Å²) >= 11 is 0. The molecule has 2 aromatic carbocycles. The van der Waals surface area contributed by atoms with E-state index in [1.807, 2.05) is 59.2 Å². The average Bonchev–Trinajstić information content (AvgIpc) is 3.29. The highest BCUT2D eigenvalue weighted by Gasteiger charge is 2.43. The number of benzene rings is 2. The highest BCUT2D eigenvalue weighted by molar-refractivity contribution is 5.96. The Labute approximate surface area is 190 Å². The van der Waals surface area contributed by atoms with E-state index in [0.29, 0.717) is 24.4 Å². The summed E-state index contributed by atoms with van der Waals surface area (Å²) in [4.78, 5) is 30.9. The van der Waals surface area contributed by atoms with E-state index in [1.54, 1.807) is 14.2 Å². The zero-order valence-electron chi connectivity index (χ0n) is 19.2. The van der Waals surface area contributed by atoms with E-state index < -0.39 is 0 Å². The summed E-state index contributed by atoms with van der Waals surface area (Å²) in [5.41, 5.74) is 2.55. The normalized spacial score (nSPS) is 20.8. The number of rotatable bonds is 5. The third-order valence-electron chi connectivity index (χ3n) is 6.80. The molecular weight excluding hydrogens is 404 g/mol. The second-order valence-corrected chi connectivity index (χ2v) is 8.73. The second kappa shape index (κ2) is 9.63. The summed E-state index contributed by atoms with van der Waals surface area (Å²) in [7, 11) is 3.27. The van der Waals surface area contributed by atoms with Gasteiger partial charge in [0.2, 0.25) is 5.91 Å². The van der Waals surface area contributed by atoms with Gasteiger partial charge in [0.25, 0.3) is 5.91 Å². The number of hydrogen-bond donors (Lipinski definition) is 0. The number of ether oxygens (including phenoxy) is 2. The first-order chi connectivity index (χ1) is 15.5. The van der Waals surface area contributed by atoms with E-state index in [4.69, 9.17) is 9.47 Å². The summed E-state index contributed by atoms with van der Waals surface area (Å²) in [6, 6.07) is 13.3. The molecule has 2 aliphatic rings. The second-order valence-electron chi connectivity index (χ2n) is 8.73. The molecule has 0 aromatic heterocycles. The van der Waals surface area contributed by atoms with Crippen LogP contribution in [-0.4, -0.2) is 62.0 Å². The van der Waals surface area contributed by atoms with E-state index in [0.717, 1.165) is 42.8 Å². The Balaban J connectivity index is 1.69. The lowest BCUT2D eigenvalue weighted by atomic mass is 9.86. The zero-order chi connectivity index (χ0) is 22.7. The van der Waals surface area contributed by atoms with Gasteiger partial charge in [-0.15, -0.1) is 0 Å². The Morgan fingerprint density at radius 2 is 1.66 bits per heavy atom. The third kappa shape index (κ3) is 4.31. The van der Waals surface area contributed by atoms with Gasteiger partial charge in [-0.2, -0.15) is 0 Å². The van der Waals surface area contributed by atoms with Crippen LogP contribution in [0.3, 0.4) is 0 Å². The number of likely N-dealkylation sites (tertiary alicyclic amines) is 2. The van der Waals surface area contributed by atoms with Crippen LogP contribution in [0.1, 0.15) is 46.7 Å². The molecule has 0 saturated carbocycles. The van der Waals surface area contributed by atoms with Gasteiger partial charge < -0.3 is 19.3 Å². The summed E-state index contributed by atoms with van der Waals surface area (Å²) in [6.45, 7) is 4.42. The van der Waals surface area contributed by atoms with Crippen molar-refractivity contribution < 1.29 is 19.1 Å². The van der Waals surface area contributed by atoms with Crippen molar-refractivity contribution in [2.45, 2.75) is 32.1 Å². The van der Waals surface area contributed by atoms with Crippen LogP contribution in [0.25, 0.3) is 0 Å². The Morgan fingerprint density at radius 3 is 2.34 bits per heavy atom. The molecule has 0 aliphatic carbocycles. The van der Waals surface area contributed by atoms with Gasteiger partial charge in [0.05, 0.1) is 20.1 Å². The van der Waals surface area contributed by atoms with Crippen LogP contribution in [0, 0.1) is 12.8 Å². The summed E-state index contributed by atoms with van der Waals surface area (Å²) in [5.74, 6) is 1.10. The number of piperidine rings is 1. The van der Waals surface area contributed by atoms with Crippen molar-refractivity contribution >= 4 is 11.8 Å². The molecule has 0 radical (unpaired) electrons. The van der Waals surface area contributed by atoms with Crippen molar-refractivity contribution in [3.8, 4) is 11.5 Å². The quantitative estimate of drug-likeness (QED) is 0.714. The Hall–Kier alpha value is -3.02. The van der Waals surface area contributed by atoms with E-state index >= 15 is 0 Å². The fourth-order valence-corrected chi connectivity index (χ4v) is 5.00. The molecule has 2 aliphatic heterocycles. The highest BCUT2D eigenvalue weighted by Crippen LogP contribution is 2.41. The summed E-state index contributed by atoms with van der Waals surface area (Å²) in [5, 5.41) is 0. The molecular formula is C26H32N2O4. The molecule has 2 amide bonds. The molecule has 6 heteroatoms. The number of amides is 2. The highest BCUT2D eigenvalue weighted by atomic mass is 16.5. The fourth-order valence-electron chi connectivity index (χ4n) is 5.00. The summed E-state index contributed by atoms with van der Waals surface area (Å²) < 4.78 is 11.1. The maximum absolute atomic E-state index is 13.6. The molecule has 170 valence electrons. The average molecular weight is 437 g/mol. The van der Waals surface area contributed by atoms with Crippen LogP contribution in [0.2, 0.25) is 0 Å². The minimum Gasteiger partial charge on any atom is -0.497 e. The van der Waals surface area contributed by atoms with Crippen molar-refractivity contribution in [2.24, 2.45) is 5.92 Å². The Bertz CT molecular complexity index is 984. The molecule has 4 rings (SSSR count). The SMILES string of the molecule is COc1ccc(OC)c([C@@H]2CN(C(=O)c3ccccc3C)C[C@H]2C(=O)N2CCCCC2)c1. The molecule has 32 heavy (non-hydrogen) atoms. The molecule has 0 spiro atoms. The molecule has 2 aromatic rings. The van der Waals surface area contributed by atoms with Crippen LogP contribution in [0.4, 0.5) is 0 Å². The summed E-state index contributed by atoms with van der Waals surface area (Å²) in [6.07, 6.45) is 3.24. The first kappa shape index (κ1) is 22.2. The third-order valence-corrected chi connectivity index (χ3v) is 6.80. The predicted molar refractivity (Wildman–Crippen MR) is 123 cm³/mol. The molecule has 2 fully saturated rings. The van der Waals surface area contributed by atoms with Crippen molar-refractivity contribution in [1.82, 2.24) is 9.80 Å². The molecule has 2 heterocycles. The maximum atomic E-state index is 13.6. The lowest BCUT2D eigenvalue weighted by molar-refractivity contribution is -0.136. The minimum atomic E-state index is -0.304. The van der Waals surface area contributed by atoms with E-state index in [9.17, 15) is 9.59 Å². The van der Waals surface area contributed by atoms with Crippen molar-refractivity contribution in [2.75, 3.05) is 40.4 Å². The Kier molecular flexibility index (Phi) is 6.68. The van der Waals surface area contributed by atoms with Gasteiger partial charge in [0.1, 0.15) is 11.5 Å². The Morgan fingerprint density at radius 1 is 0.906 bits per heavy atom. The number of carbonyl (C=O) groups is 2. The van der Waals surface area contributed by atoms with Gasteiger partial charge in [-0.3, -0.25) is 9.59 Å². The van der Waals surface area contributed by atoms with Crippen molar-refractivity contribution in [1.29, 1.82) is 0 Å². The van der Waals surface area contributed by atoms with Crippen LogP contribution in [-0.2, 0) is 4.79 Å². The van der Waals surface area contributed by atoms with Crippen molar-refractivity contribution in [3.63, 3.8) is 0 Å². The monoisotopic (exact) mass is 436 g/mol. The molecule has 2 atom stereocenters. The number of methoxy groups -OCH3 is 2. The topological polar surface area (TPSA) is 59.1 Å². The van der Waals surface area contributed by atoms with E-state index in [1.165, 1.54) is 6.42 Å². The molecule has 0 N–H and O–H groups in total. The van der Waals surface area contributed by atoms with Gasteiger partial charge in [-0.05, 0) is 56.0 Å². The van der Waals surface area contributed by atoms with Gasteiger partial charge in [0.15, 0.2) is 0 Å². The molecule has 0 unspecified atom stereocenters. The maximum Gasteiger partial charge on any atom is 0.254 e. The van der Waals surface area contributed by atoms with E-state index in [-0.39, 0.29) is 23.7 Å². The lowest BCUT2D eigenvalue weighted by Gasteiger charge is -2.31. The first-order valence-electron chi connectivity index (χ1n) is 11.4. The molecule has 6 nitrogen and oxygen atoms in total. The number of carbonyl (C=O) groups excluding carboxylic acids is 2. The van der Waals surface area contributed by atoms with Gasteiger partial charge in [-0.1, -0.05) is 18.2 Å². The smallest absolute Gasteiger partial charge is 0.254 e. The molecule has 2 saturated heterocycles. The van der Waals surface area contributed by atoms with Gasteiger partial charge in [0, 0.05) is 43.2 Å². The zero-order valence-corrected chi connectivity index (χ0v) is 19.2. The van der Waals surface area contributed by atoms with E-state index in [2.05, 4.69) is 0 Å². The number of aryl methyl sites for hydroxylation is 1. The first-order valence-corrected chi connectivity index (χ1v) is 11.4. The number of hydrogen-bond acceptors (Lipinski definition) is 4. The number of nitrogens with zero attached hydrogens (tertiary/aromatic N) is 2. The van der Waals surface area contributed by atoms with Crippen LogP contribution < -0.4 is 9.47 Å². The minimum absolute atomic E-state index is 0.0242. The standard InChI is InChI=1S/C26H32N2O4/c1-18-9-5-6-10-20(18)25(29)28-16-22(21-15-19(31-2)11-12-24(21)32-3)23(17-28)26(30)27-13-7-4-8-14-27/h5-6,9-12,15,22-23H,4,7-8,13-14,16-17H2,1-3H3/t22-,23+/m0/s1. The van der Waals surface area contributed by atoms with Crippen LogP contribution in [0.5, 0.6) is 11.5 Å². The van der Waals surface area contributed by atoms with Gasteiger partial charge in [-0.25, -0.2) is 0 Å². The lowest BCUT2D eigenvalue weighted by Crippen LogP contribution is -2.42. The fraction of sp³-hybridized carbons (Fsp3) is 0.462. The van der Waals surface area contributed by atoms with Crippen LogP contribution in [0.15, 0.2) is 42.5 Å². The predicted octanol–water partition coefficient (Wildman–Crippen LogP) is 3.88. The molecule has 0 bridgehead atoms. The largest absolute Gasteiger partial charge is 0.497 e. The van der Waals surface area contributed by atoms with Gasteiger partial charge >= 0.3 is 0 Å².